The van der Waals surface area contributed by atoms with E-state index in [1.165, 1.54) is 0 Å². The van der Waals surface area contributed by atoms with Crippen molar-refractivity contribution in [2.24, 2.45) is 0 Å². The molecule has 1 atom stereocenters. The highest BCUT2D eigenvalue weighted by molar-refractivity contribution is 7.91. The minimum atomic E-state index is -2.97. The van der Waals surface area contributed by atoms with Gasteiger partial charge in [0.2, 0.25) is 0 Å². The molecule has 0 fully saturated rings. The second-order valence-corrected chi connectivity index (χ2v) is 8.74. The first kappa shape index (κ1) is 16.3. The van der Waals surface area contributed by atoms with Gasteiger partial charge in [0.25, 0.3) is 0 Å². The molecule has 0 saturated carbocycles. The van der Waals surface area contributed by atoms with Crippen LogP contribution in [0, 0.1) is 0 Å². The molecule has 0 radical (unpaired) electrons. The number of hydrogen-bond donors (Lipinski definition) is 1. The fourth-order valence-corrected chi connectivity index (χ4v) is 3.59. The molecule has 1 aliphatic heterocycles. The topological polar surface area (TPSA) is 63.6 Å². The van der Waals surface area contributed by atoms with Gasteiger partial charge in [0, 0.05) is 17.7 Å². The van der Waals surface area contributed by atoms with E-state index in [0.29, 0.717) is 12.8 Å². The summed E-state index contributed by atoms with van der Waals surface area (Å²) < 4.78 is 28.9. The summed E-state index contributed by atoms with van der Waals surface area (Å²) >= 11 is 0. The fraction of sp³-hybridized carbons (Fsp3) is 0.625. The Bertz CT molecular complexity index is 605. The van der Waals surface area contributed by atoms with Crippen LogP contribution in [0.1, 0.15) is 50.8 Å². The molecule has 0 aromatic heterocycles. The molecule has 0 aliphatic carbocycles. The van der Waals surface area contributed by atoms with Crippen molar-refractivity contribution >= 4 is 9.84 Å². The summed E-state index contributed by atoms with van der Waals surface area (Å²) in [6, 6.07) is 5.80. The van der Waals surface area contributed by atoms with Crippen LogP contribution in [0.4, 0.5) is 0 Å². The van der Waals surface area contributed by atoms with Crippen LogP contribution in [0.3, 0.4) is 0 Å². The fourth-order valence-electron chi connectivity index (χ4n) is 2.70. The van der Waals surface area contributed by atoms with Crippen LogP contribution in [0.5, 0.6) is 5.75 Å². The predicted molar refractivity (Wildman–Crippen MR) is 83.4 cm³/mol. The first-order chi connectivity index (χ1) is 9.74. The number of hydrogen-bond acceptors (Lipinski definition) is 4. The average molecular weight is 312 g/mol. The Balaban J connectivity index is 2.05. The summed E-state index contributed by atoms with van der Waals surface area (Å²) in [5.74, 6) is 1.05. The smallest absolute Gasteiger partial charge is 0.150 e. The highest BCUT2D eigenvalue weighted by Gasteiger charge is 2.32. The third kappa shape index (κ3) is 3.98. The Kier molecular flexibility index (Phi) is 4.63. The Labute approximate surface area is 127 Å². The van der Waals surface area contributed by atoms with E-state index in [4.69, 9.17) is 4.74 Å². The second-order valence-electron chi connectivity index (χ2n) is 6.27. The van der Waals surface area contributed by atoms with E-state index in [0.717, 1.165) is 23.3 Å². The lowest BCUT2D eigenvalue weighted by atomic mass is 9.98. The zero-order valence-corrected chi connectivity index (χ0v) is 13.7. The van der Waals surface area contributed by atoms with Crippen molar-refractivity contribution in [3.8, 4) is 5.75 Å². The zero-order chi connectivity index (χ0) is 15.7. The van der Waals surface area contributed by atoms with Crippen molar-refractivity contribution in [1.29, 1.82) is 0 Å². The summed E-state index contributed by atoms with van der Waals surface area (Å²) in [6.45, 7) is 5.69. The summed E-state index contributed by atoms with van der Waals surface area (Å²) in [7, 11) is -2.97. The molecule has 0 bridgehead atoms. The maximum Gasteiger partial charge on any atom is 0.150 e. The lowest BCUT2D eigenvalue weighted by Gasteiger charge is -2.20. The van der Waals surface area contributed by atoms with Crippen molar-refractivity contribution in [3.63, 3.8) is 0 Å². The van der Waals surface area contributed by atoms with Crippen molar-refractivity contribution in [2.45, 2.75) is 51.7 Å². The Hall–Kier alpha value is -1.07. The van der Waals surface area contributed by atoms with Crippen LogP contribution >= 0.6 is 0 Å². The highest BCUT2D eigenvalue weighted by atomic mass is 32.2. The van der Waals surface area contributed by atoms with E-state index in [9.17, 15) is 13.5 Å². The van der Waals surface area contributed by atoms with Gasteiger partial charge in [-0.25, -0.2) is 8.42 Å². The van der Waals surface area contributed by atoms with Crippen molar-refractivity contribution in [3.05, 3.63) is 29.3 Å². The molecule has 1 aromatic rings. The van der Waals surface area contributed by atoms with E-state index in [1.807, 2.05) is 32.0 Å². The first-order valence-electron chi connectivity index (χ1n) is 7.43. The summed E-state index contributed by atoms with van der Waals surface area (Å²) in [6.07, 6.45) is 1.04. The number of para-hydroxylation sites is 1. The number of aliphatic hydroxyl groups is 1. The molecule has 1 aromatic carbocycles. The van der Waals surface area contributed by atoms with Crippen LogP contribution in [0.15, 0.2) is 18.2 Å². The maximum atomic E-state index is 11.5. The van der Waals surface area contributed by atoms with Crippen LogP contribution in [-0.2, 0) is 16.3 Å². The van der Waals surface area contributed by atoms with Crippen LogP contribution in [-0.4, -0.2) is 30.6 Å². The molecule has 118 valence electrons. The predicted octanol–water partition coefficient (Wildman–Crippen LogP) is 2.65. The van der Waals surface area contributed by atoms with Crippen molar-refractivity contribution in [2.75, 3.05) is 11.5 Å². The van der Waals surface area contributed by atoms with Gasteiger partial charge < -0.3 is 9.84 Å². The minimum absolute atomic E-state index is 0.127. The monoisotopic (exact) mass is 312 g/mol. The Morgan fingerprint density at radius 3 is 2.76 bits per heavy atom. The summed E-state index contributed by atoms with van der Waals surface area (Å²) in [5, 5.41) is 10.3. The quantitative estimate of drug-likeness (QED) is 0.877. The normalized spacial score (nSPS) is 18.1. The molecule has 21 heavy (non-hydrogen) atoms. The zero-order valence-electron chi connectivity index (χ0n) is 12.9. The lowest BCUT2D eigenvalue weighted by Crippen LogP contribution is -2.25. The molecule has 0 saturated heterocycles. The molecule has 1 unspecified atom stereocenters. The summed E-state index contributed by atoms with van der Waals surface area (Å²) in [4.78, 5) is 0. The van der Waals surface area contributed by atoms with E-state index < -0.39 is 15.9 Å². The molecule has 2 rings (SSSR count). The van der Waals surface area contributed by atoms with Gasteiger partial charge in [-0.1, -0.05) is 25.1 Å². The van der Waals surface area contributed by atoms with Gasteiger partial charge in [-0.2, -0.15) is 0 Å². The number of aliphatic hydroxyl groups excluding tert-OH is 1. The Morgan fingerprint density at radius 1 is 1.38 bits per heavy atom. The number of ether oxygens (including phenoxy) is 1. The SMILES string of the molecule is CCS(=O)(=O)CCCC(O)c1cccc2c1OC(C)(C)C2. The number of benzene rings is 1. The molecule has 0 amide bonds. The molecule has 5 heteroatoms. The highest BCUT2D eigenvalue weighted by Crippen LogP contribution is 2.40. The van der Waals surface area contributed by atoms with Gasteiger partial charge in [0.1, 0.15) is 21.2 Å². The van der Waals surface area contributed by atoms with Gasteiger partial charge >= 0.3 is 0 Å². The van der Waals surface area contributed by atoms with Gasteiger partial charge in [0.15, 0.2) is 0 Å². The average Bonchev–Trinajstić information content (AvgIpc) is 2.71. The standard InChI is InChI=1S/C16H24O4S/c1-4-21(18,19)10-6-9-14(17)13-8-5-7-12-11-16(2,3)20-15(12)13/h5,7-8,14,17H,4,6,9-11H2,1-3H3. The molecule has 0 spiro atoms. The number of rotatable bonds is 6. The Morgan fingerprint density at radius 2 is 2.10 bits per heavy atom. The van der Waals surface area contributed by atoms with E-state index in [2.05, 4.69) is 0 Å². The molecule has 1 N–H and O–H groups in total. The first-order valence-corrected chi connectivity index (χ1v) is 9.25. The van der Waals surface area contributed by atoms with Crippen LogP contribution in [0.25, 0.3) is 0 Å². The van der Waals surface area contributed by atoms with E-state index >= 15 is 0 Å². The third-order valence-electron chi connectivity index (χ3n) is 3.85. The van der Waals surface area contributed by atoms with Crippen LogP contribution in [0.2, 0.25) is 0 Å². The molecular formula is C16H24O4S. The molecule has 1 heterocycles. The maximum absolute atomic E-state index is 11.5. The summed E-state index contributed by atoms with van der Waals surface area (Å²) in [5.41, 5.74) is 1.63. The van der Waals surface area contributed by atoms with Gasteiger partial charge in [-0.05, 0) is 32.3 Å². The largest absolute Gasteiger partial charge is 0.487 e. The van der Waals surface area contributed by atoms with Gasteiger partial charge in [-0.3, -0.25) is 0 Å². The second kappa shape index (κ2) is 5.97. The lowest BCUT2D eigenvalue weighted by molar-refractivity contribution is 0.123. The van der Waals surface area contributed by atoms with Crippen molar-refractivity contribution < 1.29 is 18.3 Å². The van der Waals surface area contributed by atoms with Gasteiger partial charge in [-0.15, -0.1) is 0 Å². The van der Waals surface area contributed by atoms with Crippen LogP contribution < -0.4 is 4.74 Å². The number of fused-ring (bicyclic) bond motifs is 1. The van der Waals surface area contributed by atoms with E-state index in [1.54, 1.807) is 6.92 Å². The van der Waals surface area contributed by atoms with E-state index in [-0.39, 0.29) is 17.1 Å². The minimum Gasteiger partial charge on any atom is -0.487 e. The molecule has 1 aliphatic rings. The van der Waals surface area contributed by atoms with Gasteiger partial charge in [0.05, 0.1) is 11.9 Å². The number of sulfone groups is 1. The molecule has 4 nitrogen and oxygen atoms in total. The molecular weight excluding hydrogens is 288 g/mol. The van der Waals surface area contributed by atoms with Crippen molar-refractivity contribution in [1.82, 2.24) is 0 Å². The third-order valence-corrected chi connectivity index (χ3v) is 5.64.